The van der Waals surface area contributed by atoms with Crippen molar-refractivity contribution >= 4 is 41.3 Å². The lowest BCUT2D eigenvalue weighted by molar-refractivity contribution is 0.0511. The summed E-state index contributed by atoms with van der Waals surface area (Å²) < 4.78 is 16.8. The molecule has 2 aliphatic rings. The van der Waals surface area contributed by atoms with Gasteiger partial charge in [-0.1, -0.05) is 6.07 Å². The molecule has 4 rings (SSSR count). The second kappa shape index (κ2) is 10.1. The van der Waals surface area contributed by atoms with Crippen LogP contribution in [-0.2, 0) is 16.7 Å². The second-order valence-corrected chi connectivity index (χ2v) is 8.64. The van der Waals surface area contributed by atoms with Crippen molar-refractivity contribution in [2.45, 2.75) is 31.7 Å². The summed E-state index contributed by atoms with van der Waals surface area (Å²) in [6, 6.07) is 6.30. The highest BCUT2D eigenvalue weighted by atomic mass is 127. The number of hydrogen-bond acceptors (Lipinski definition) is 6. The Kier molecular flexibility index (Phi) is 7.81. The molecule has 3 heterocycles. The summed E-state index contributed by atoms with van der Waals surface area (Å²) in [5, 5.41) is 6.78. The fourth-order valence-corrected chi connectivity index (χ4v) is 4.59. The molecule has 9 heteroatoms. The van der Waals surface area contributed by atoms with Gasteiger partial charge in [-0.05, 0) is 37.5 Å². The Morgan fingerprint density at radius 1 is 1.27 bits per heavy atom. The third kappa shape index (κ3) is 5.00. The Bertz CT molecular complexity index is 883. The lowest BCUT2D eigenvalue weighted by Crippen LogP contribution is -2.48. The monoisotopic (exact) mass is 544 g/mol. The number of benzene rings is 1. The highest BCUT2D eigenvalue weighted by Crippen LogP contribution is 2.40. The molecule has 0 unspecified atom stereocenters. The highest BCUT2D eigenvalue weighted by molar-refractivity contribution is 14.0. The largest absolute Gasteiger partial charge is 0.454 e. The summed E-state index contributed by atoms with van der Waals surface area (Å²) in [6.45, 7) is 5.33. The second-order valence-electron chi connectivity index (χ2n) is 7.58. The van der Waals surface area contributed by atoms with E-state index in [-0.39, 0.29) is 29.4 Å². The molecule has 0 saturated carbocycles. The van der Waals surface area contributed by atoms with Crippen molar-refractivity contribution in [1.29, 1.82) is 0 Å². The van der Waals surface area contributed by atoms with Crippen molar-refractivity contribution in [1.82, 2.24) is 15.2 Å². The quantitative estimate of drug-likeness (QED) is 0.353. The van der Waals surface area contributed by atoms with Gasteiger partial charge >= 0.3 is 0 Å². The molecule has 7 nitrogen and oxygen atoms in total. The number of aryl methyl sites for hydroxylation is 1. The maximum atomic E-state index is 5.67. The van der Waals surface area contributed by atoms with Crippen LogP contribution in [-0.4, -0.2) is 56.5 Å². The number of thiazole rings is 1. The van der Waals surface area contributed by atoms with Gasteiger partial charge in [0, 0.05) is 44.6 Å². The number of rotatable bonds is 5. The zero-order valence-electron chi connectivity index (χ0n) is 17.6. The number of ether oxygens (including phenoxy) is 3. The maximum Gasteiger partial charge on any atom is 0.231 e. The fourth-order valence-electron chi connectivity index (χ4n) is 3.99. The van der Waals surface area contributed by atoms with Crippen LogP contribution >= 0.6 is 35.3 Å². The van der Waals surface area contributed by atoms with Crippen LogP contribution in [0.1, 0.15) is 29.1 Å². The van der Waals surface area contributed by atoms with Gasteiger partial charge in [-0.3, -0.25) is 4.99 Å². The van der Waals surface area contributed by atoms with E-state index in [0.29, 0.717) is 6.79 Å². The van der Waals surface area contributed by atoms with E-state index in [1.807, 2.05) is 27.1 Å². The van der Waals surface area contributed by atoms with Gasteiger partial charge in [-0.25, -0.2) is 4.98 Å². The molecule has 1 N–H and O–H groups in total. The molecule has 30 heavy (non-hydrogen) atoms. The van der Waals surface area contributed by atoms with E-state index >= 15 is 0 Å². The van der Waals surface area contributed by atoms with E-state index in [9.17, 15) is 0 Å². The summed E-state index contributed by atoms with van der Waals surface area (Å²) in [6.07, 6.45) is 1.90. The lowest BCUT2D eigenvalue weighted by atomic mass is 9.74. The van der Waals surface area contributed by atoms with Gasteiger partial charge in [0.2, 0.25) is 6.79 Å². The van der Waals surface area contributed by atoms with Crippen LogP contribution in [0.15, 0.2) is 28.6 Å². The minimum atomic E-state index is -0.0345. The number of aliphatic imine (C=N–C) groups is 1. The molecule has 0 bridgehead atoms. The molecular formula is C21H29IN4O3S. The number of fused-ring (bicyclic) bond motifs is 1. The van der Waals surface area contributed by atoms with Crippen molar-refractivity contribution in [3.8, 4) is 11.5 Å². The van der Waals surface area contributed by atoms with Gasteiger partial charge in [0.25, 0.3) is 0 Å². The first-order chi connectivity index (χ1) is 14.1. The number of guanidine groups is 1. The maximum absolute atomic E-state index is 5.67. The predicted octanol–water partition coefficient (Wildman–Crippen LogP) is 3.55. The molecule has 0 aliphatic carbocycles. The van der Waals surface area contributed by atoms with Gasteiger partial charge < -0.3 is 24.4 Å². The summed E-state index contributed by atoms with van der Waals surface area (Å²) in [4.78, 5) is 11.2. The standard InChI is InChI=1S/C21H28N4O3S.HI/c1-15-24-17(12-29-15)11-25(3)20(22-2)23-13-21(6-8-26-9-7-21)16-4-5-18-19(10-16)28-14-27-18;/h4-5,10,12H,6-9,11,13-14H2,1-3H3,(H,22,23);1H. The van der Waals surface area contributed by atoms with Crippen molar-refractivity contribution < 1.29 is 14.2 Å². The van der Waals surface area contributed by atoms with Crippen molar-refractivity contribution in [2.75, 3.05) is 40.6 Å². The lowest BCUT2D eigenvalue weighted by Gasteiger charge is -2.39. The van der Waals surface area contributed by atoms with Crippen molar-refractivity contribution in [3.05, 3.63) is 39.8 Å². The molecule has 1 saturated heterocycles. The van der Waals surface area contributed by atoms with Crippen molar-refractivity contribution in [2.24, 2.45) is 4.99 Å². The minimum absolute atomic E-state index is 0. The highest BCUT2D eigenvalue weighted by Gasteiger charge is 2.36. The van der Waals surface area contributed by atoms with Gasteiger partial charge in [-0.15, -0.1) is 35.3 Å². The molecule has 0 spiro atoms. The van der Waals surface area contributed by atoms with Crippen LogP contribution in [0.4, 0.5) is 0 Å². The Hall–Kier alpha value is -1.59. The smallest absolute Gasteiger partial charge is 0.231 e. The number of hydrogen-bond donors (Lipinski definition) is 1. The topological polar surface area (TPSA) is 68.2 Å². The first-order valence-electron chi connectivity index (χ1n) is 9.90. The van der Waals surface area contributed by atoms with E-state index in [1.165, 1.54) is 5.56 Å². The first kappa shape index (κ1) is 23.1. The number of halogens is 1. The molecule has 1 aromatic heterocycles. The van der Waals surface area contributed by atoms with Crippen LogP contribution in [0.2, 0.25) is 0 Å². The molecule has 1 fully saturated rings. The van der Waals surface area contributed by atoms with E-state index in [1.54, 1.807) is 11.3 Å². The number of aromatic nitrogens is 1. The van der Waals surface area contributed by atoms with Crippen LogP contribution < -0.4 is 14.8 Å². The summed E-state index contributed by atoms with van der Waals surface area (Å²) >= 11 is 1.67. The molecule has 2 aliphatic heterocycles. The minimum Gasteiger partial charge on any atom is -0.454 e. The summed E-state index contributed by atoms with van der Waals surface area (Å²) in [5.41, 5.74) is 2.29. The molecule has 164 valence electrons. The third-order valence-corrected chi connectivity index (χ3v) is 6.48. The average molecular weight is 544 g/mol. The van der Waals surface area contributed by atoms with E-state index < -0.39 is 0 Å². The normalized spacial score (nSPS) is 17.4. The van der Waals surface area contributed by atoms with Crippen LogP contribution in [0, 0.1) is 6.92 Å². The molecule has 0 radical (unpaired) electrons. The molecule has 1 aromatic carbocycles. The van der Waals surface area contributed by atoms with E-state index in [0.717, 1.165) is 67.3 Å². The van der Waals surface area contributed by atoms with Crippen LogP contribution in [0.25, 0.3) is 0 Å². The zero-order valence-corrected chi connectivity index (χ0v) is 20.8. The molecule has 2 aromatic rings. The van der Waals surface area contributed by atoms with Gasteiger partial charge in [-0.2, -0.15) is 0 Å². The zero-order chi connectivity index (χ0) is 20.3. The summed E-state index contributed by atoms with van der Waals surface area (Å²) in [7, 11) is 3.86. The van der Waals surface area contributed by atoms with E-state index in [2.05, 4.69) is 37.7 Å². The third-order valence-electron chi connectivity index (χ3n) is 5.66. The molecular weight excluding hydrogens is 515 g/mol. The molecule has 0 atom stereocenters. The average Bonchev–Trinajstić information content (AvgIpc) is 3.37. The Labute approximate surface area is 198 Å². The first-order valence-corrected chi connectivity index (χ1v) is 10.8. The van der Waals surface area contributed by atoms with Crippen LogP contribution in [0.3, 0.4) is 0 Å². The predicted molar refractivity (Wildman–Crippen MR) is 129 cm³/mol. The van der Waals surface area contributed by atoms with Crippen molar-refractivity contribution in [3.63, 3.8) is 0 Å². The Morgan fingerprint density at radius 2 is 2.03 bits per heavy atom. The molecule has 0 amide bonds. The van der Waals surface area contributed by atoms with Gasteiger partial charge in [0.05, 0.1) is 17.2 Å². The summed E-state index contributed by atoms with van der Waals surface area (Å²) in [5.74, 6) is 2.51. The SMILES string of the molecule is CN=C(NCC1(c2ccc3c(c2)OCO3)CCOCC1)N(C)Cc1csc(C)n1.I. The van der Waals surface area contributed by atoms with Crippen LogP contribution in [0.5, 0.6) is 11.5 Å². The Morgan fingerprint density at radius 3 is 2.73 bits per heavy atom. The van der Waals surface area contributed by atoms with Gasteiger partial charge in [0.1, 0.15) is 0 Å². The van der Waals surface area contributed by atoms with E-state index in [4.69, 9.17) is 14.2 Å². The van der Waals surface area contributed by atoms with Gasteiger partial charge in [0.15, 0.2) is 17.5 Å². The number of nitrogens with one attached hydrogen (secondary N) is 1. The number of nitrogens with zero attached hydrogens (tertiary/aromatic N) is 3. The fraction of sp³-hybridized carbons (Fsp3) is 0.524. The Balaban J connectivity index is 0.00000256.